The molecule has 0 saturated carbocycles. The quantitative estimate of drug-likeness (QED) is 0.200. The van der Waals surface area contributed by atoms with Gasteiger partial charge in [0.15, 0.2) is 6.54 Å². The Hall–Kier alpha value is -0.00364. The molecule has 0 radical (unpaired) electrons. The largest absolute Gasteiger partial charge is 1.00 e. The zero-order valence-electron chi connectivity index (χ0n) is 20.2. The minimum Gasteiger partial charge on any atom is -0.748 e. The van der Waals surface area contributed by atoms with E-state index in [4.69, 9.17) is 27.8 Å². The molecule has 0 spiro atoms. The second-order valence-corrected chi connectivity index (χ2v) is 14.3. The Balaban J connectivity index is 0.00000400. The van der Waals surface area contributed by atoms with Crippen LogP contribution in [0.15, 0.2) is 58.5 Å². The number of fused-ring (bicyclic) bond motifs is 2. The average Bonchev–Trinajstić information content (AvgIpc) is 3.30. The van der Waals surface area contributed by atoms with Crippen molar-refractivity contribution in [3.63, 3.8) is 0 Å². The molecule has 8 nitrogen and oxygen atoms in total. The minimum absolute atomic E-state index is 0. The van der Waals surface area contributed by atoms with E-state index in [1.165, 1.54) is 23.1 Å². The Kier molecular flexibility index (Phi) is 11.8. The molecule has 0 unspecified atom stereocenters. The van der Waals surface area contributed by atoms with Gasteiger partial charge in [-0.3, -0.25) is 4.55 Å². The van der Waals surface area contributed by atoms with Crippen molar-refractivity contribution in [3.8, 4) is 0 Å². The molecule has 0 amide bonds. The first kappa shape index (κ1) is 32.5. The standard InChI is InChI=1S/C23H22Cl2N2O6S4.K/c24-16-6-8-20-18(14-16)26(10-2-12-36(28,29)30)22(34-20)4-1-5-23-27(11-3-13-37(31,32)33)19-15-17(25)7-9-21(19)35-23;/h1,4-9,14-15H,2-3,10-13H2,(H-,28,29,30,31,32,33);/q;+1. The summed E-state index contributed by atoms with van der Waals surface area (Å²) in [5.41, 5.74) is 1.70. The van der Waals surface area contributed by atoms with Crippen molar-refractivity contribution in [2.45, 2.75) is 24.3 Å². The van der Waals surface area contributed by atoms with Crippen molar-refractivity contribution >= 4 is 88.5 Å². The maximum Gasteiger partial charge on any atom is 1.00 e. The average molecular weight is 661 g/mol. The van der Waals surface area contributed by atoms with Crippen LogP contribution < -0.4 is 60.9 Å². The first-order valence-electron chi connectivity index (χ1n) is 11.0. The van der Waals surface area contributed by atoms with Crippen LogP contribution in [0.3, 0.4) is 0 Å². The van der Waals surface area contributed by atoms with E-state index >= 15 is 0 Å². The first-order valence-corrected chi connectivity index (χ1v) is 16.6. The van der Waals surface area contributed by atoms with Gasteiger partial charge in [-0.25, -0.2) is 8.42 Å². The van der Waals surface area contributed by atoms with Gasteiger partial charge in [-0.05, 0) is 42.8 Å². The molecule has 1 aliphatic heterocycles. The molecule has 0 aliphatic carbocycles. The van der Waals surface area contributed by atoms with Gasteiger partial charge in [0.2, 0.25) is 5.52 Å². The number of anilines is 1. The second kappa shape index (κ2) is 13.8. The number of aryl methyl sites for hydroxylation is 1. The maximum absolute atomic E-state index is 11.2. The number of benzene rings is 2. The van der Waals surface area contributed by atoms with Gasteiger partial charge in [-0.1, -0.05) is 52.4 Å². The van der Waals surface area contributed by atoms with Crippen LogP contribution in [-0.4, -0.2) is 44.0 Å². The summed E-state index contributed by atoms with van der Waals surface area (Å²) in [4.78, 5) is 2.93. The number of halogens is 2. The number of thioether (sulfide) groups is 1. The summed E-state index contributed by atoms with van der Waals surface area (Å²) in [6, 6.07) is 11.0. The van der Waals surface area contributed by atoms with E-state index in [-0.39, 0.29) is 70.0 Å². The third-order valence-electron chi connectivity index (χ3n) is 5.42. The molecule has 0 bridgehead atoms. The zero-order chi connectivity index (χ0) is 26.8. The van der Waals surface area contributed by atoms with Gasteiger partial charge >= 0.3 is 51.4 Å². The topological polar surface area (TPSA) is 119 Å². The third kappa shape index (κ3) is 9.00. The molecule has 198 valence electrons. The molecule has 0 fully saturated rings. The van der Waals surface area contributed by atoms with Crippen LogP contribution >= 0.6 is 46.3 Å². The molecule has 1 aliphatic rings. The van der Waals surface area contributed by atoms with Gasteiger partial charge < -0.3 is 9.45 Å². The Morgan fingerprint density at radius 2 is 1.74 bits per heavy atom. The van der Waals surface area contributed by atoms with E-state index in [0.717, 1.165) is 30.8 Å². The molecule has 38 heavy (non-hydrogen) atoms. The van der Waals surface area contributed by atoms with Crippen LogP contribution in [0, 0.1) is 0 Å². The molecule has 1 aromatic heterocycles. The maximum atomic E-state index is 11.2. The number of rotatable bonds is 10. The molecule has 15 heteroatoms. The zero-order valence-corrected chi connectivity index (χ0v) is 28.1. The smallest absolute Gasteiger partial charge is 0.748 e. The number of nitrogens with zero attached hydrogens (tertiary/aromatic N) is 2. The molecular weight excluding hydrogens is 639 g/mol. The number of hydrogen-bond donors (Lipinski definition) is 1. The SMILES string of the molecule is O=S(=O)([O-])CCC[n+]1c(C=CC=C2Sc3ccc(Cl)cc3N2CCCS(=O)(=O)O)sc2ccc(Cl)cc21.[K+]. The van der Waals surface area contributed by atoms with Crippen LogP contribution in [0.1, 0.15) is 17.8 Å². The van der Waals surface area contributed by atoms with E-state index in [1.54, 1.807) is 18.2 Å². The molecule has 1 N–H and O–H groups in total. The van der Waals surface area contributed by atoms with E-state index in [0.29, 0.717) is 23.1 Å². The van der Waals surface area contributed by atoms with Crippen molar-refractivity contribution in [2.75, 3.05) is 23.0 Å². The summed E-state index contributed by atoms with van der Waals surface area (Å²) >= 11 is 15.4. The molecule has 3 aromatic rings. The van der Waals surface area contributed by atoms with E-state index in [9.17, 15) is 21.4 Å². The van der Waals surface area contributed by atoms with Gasteiger partial charge in [0, 0.05) is 45.8 Å². The van der Waals surface area contributed by atoms with E-state index in [2.05, 4.69) is 0 Å². The predicted octanol–water partition coefficient (Wildman–Crippen LogP) is 2.18. The summed E-state index contributed by atoms with van der Waals surface area (Å²) in [6.07, 6.45) is 6.05. The Morgan fingerprint density at radius 3 is 2.45 bits per heavy atom. The summed E-state index contributed by atoms with van der Waals surface area (Å²) in [7, 11) is -8.39. The number of aromatic nitrogens is 1. The minimum atomic E-state index is -4.32. The normalized spacial score (nSPS) is 14.9. The summed E-state index contributed by atoms with van der Waals surface area (Å²) in [5, 5.41) is 2.81. The van der Waals surface area contributed by atoms with Gasteiger partial charge in [0.1, 0.15) is 4.70 Å². The van der Waals surface area contributed by atoms with Crippen molar-refractivity contribution < 1.29 is 81.9 Å². The molecule has 0 saturated heterocycles. The van der Waals surface area contributed by atoms with Crippen molar-refractivity contribution in [1.29, 1.82) is 0 Å². The monoisotopic (exact) mass is 659 g/mol. The molecular formula is C23H22Cl2KN2O6S4+. The van der Waals surface area contributed by atoms with Gasteiger partial charge in [0.05, 0.1) is 26.6 Å². The fourth-order valence-electron chi connectivity index (χ4n) is 3.88. The Bertz CT molecular complexity index is 1610. The number of thiazole rings is 1. The number of hydrogen-bond acceptors (Lipinski definition) is 8. The van der Waals surface area contributed by atoms with Crippen LogP contribution in [0.2, 0.25) is 10.0 Å². The van der Waals surface area contributed by atoms with Crippen LogP contribution in [0.4, 0.5) is 5.69 Å². The van der Waals surface area contributed by atoms with Crippen molar-refractivity contribution in [1.82, 2.24) is 0 Å². The van der Waals surface area contributed by atoms with Crippen LogP contribution in [0.5, 0.6) is 0 Å². The molecule has 4 rings (SSSR count). The molecule has 2 aromatic carbocycles. The van der Waals surface area contributed by atoms with Crippen molar-refractivity contribution in [3.05, 3.63) is 68.6 Å². The molecule has 0 atom stereocenters. The fourth-order valence-corrected chi connectivity index (χ4v) is 7.35. The molecule has 2 heterocycles. The van der Waals surface area contributed by atoms with Gasteiger partial charge in [0.25, 0.3) is 15.1 Å². The summed E-state index contributed by atoms with van der Waals surface area (Å²) in [5.74, 6) is -0.808. The third-order valence-corrected chi connectivity index (χ3v) is 9.75. The summed E-state index contributed by atoms with van der Waals surface area (Å²) in [6.45, 7) is 0.698. The van der Waals surface area contributed by atoms with Gasteiger partial charge in [-0.15, -0.1) is 0 Å². The van der Waals surface area contributed by atoms with Crippen LogP contribution in [-0.2, 0) is 26.8 Å². The second-order valence-electron chi connectivity index (χ2n) is 8.19. The van der Waals surface area contributed by atoms with Gasteiger partial charge in [-0.2, -0.15) is 13.0 Å². The number of allylic oxidation sites excluding steroid dienone is 2. The van der Waals surface area contributed by atoms with Crippen molar-refractivity contribution in [2.24, 2.45) is 0 Å². The predicted molar refractivity (Wildman–Crippen MR) is 149 cm³/mol. The van der Waals surface area contributed by atoms with E-state index in [1.807, 2.05) is 45.9 Å². The van der Waals surface area contributed by atoms with E-state index < -0.39 is 26.0 Å². The Morgan fingerprint density at radius 1 is 1.03 bits per heavy atom. The fraction of sp³-hybridized carbons (Fsp3) is 0.261. The Labute approximate surface area is 282 Å². The van der Waals surface area contributed by atoms with Crippen LogP contribution in [0.25, 0.3) is 16.3 Å². The first-order chi connectivity index (χ1) is 17.4. The summed E-state index contributed by atoms with van der Waals surface area (Å²) < 4.78 is 67.7.